The molecule has 2 N–H and O–H groups in total. The zero-order valence-electron chi connectivity index (χ0n) is 16.7. The highest BCUT2D eigenvalue weighted by molar-refractivity contribution is 5.95. The number of nitrogens with one attached hydrogen (secondary N) is 2. The Bertz CT molecular complexity index is 772. The van der Waals surface area contributed by atoms with Crippen molar-refractivity contribution in [3.05, 3.63) is 54.1 Å². The van der Waals surface area contributed by atoms with Gasteiger partial charge in [-0.15, -0.1) is 0 Å². The predicted molar refractivity (Wildman–Crippen MR) is 110 cm³/mol. The molecule has 0 unspecified atom stereocenters. The van der Waals surface area contributed by atoms with Gasteiger partial charge in [-0.05, 0) is 63.6 Å². The standard InChI is InChI=1S/C22H28N2O4/c1-4-27-19-8-5-6-9-20(19)28-15-7-10-21(25)24-18-13-11-17(12-14-18)22(26)23-16(2)3/h5-6,8-9,11-14,16H,4,7,10,15H2,1-3H3,(H,23,26)(H,24,25). The Morgan fingerprint density at radius 2 is 1.61 bits per heavy atom. The molecule has 2 amide bonds. The highest BCUT2D eigenvalue weighted by Crippen LogP contribution is 2.26. The Balaban J connectivity index is 1.75. The largest absolute Gasteiger partial charge is 0.490 e. The van der Waals surface area contributed by atoms with Crippen LogP contribution in [0, 0.1) is 0 Å². The van der Waals surface area contributed by atoms with E-state index >= 15 is 0 Å². The Kier molecular flexibility index (Phi) is 8.34. The molecule has 0 aliphatic rings. The Morgan fingerprint density at radius 1 is 0.964 bits per heavy atom. The number of ether oxygens (including phenoxy) is 2. The van der Waals surface area contributed by atoms with Gasteiger partial charge in [0.15, 0.2) is 11.5 Å². The number of hydrogen-bond donors (Lipinski definition) is 2. The topological polar surface area (TPSA) is 76.7 Å². The third kappa shape index (κ3) is 6.95. The van der Waals surface area contributed by atoms with Gasteiger partial charge in [-0.3, -0.25) is 9.59 Å². The van der Waals surface area contributed by atoms with Crippen molar-refractivity contribution in [2.24, 2.45) is 0 Å². The van der Waals surface area contributed by atoms with Gasteiger partial charge in [0.2, 0.25) is 5.91 Å². The summed E-state index contributed by atoms with van der Waals surface area (Å²) in [6.07, 6.45) is 0.924. The molecule has 6 heteroatoms. The first-order chi connectivity index (χ1) is 13.5. The summed E-state index contributed by atoms with van der Waals surface area (Å²) in [5.74, 6) is 1.16. The normalized spacial score (nSPS) is 10.4. The lowest BCUT2D eigenvalue weighted by Gasteiger charge is -2.11. The summed E-state index contributed by atoms with van der Waals surface area (Å²) in [5, 5.41) is 5.66. The fourth-order valence-corrected chi connectivity index (χ4v) is 2.53. The molecular formula is C22H28N2O4. The number of amides is 2. The van der Waals surface area contributed by atoms with Crippen LogP contribution in [0.25, 0.3) is 0 Å². The molecule has 6 nitrogen and oxygen atoms in total. The van der Waals surface area contributed by atoms with E-state index in [4.69, 9.17) is 9.47 Å². The minimum Gasteiger partial charge on any atom is -0.490 e. The van der Waals surface area contributed by atoms with Crippen LogP contribution in [0.1, 0.15) is 44.0 Å². The minimum absolute atomic E-state index is 0.0783. The molecule has 0 atom stereocenters. The predicted octanol–water partition coefficient (Wildman–Crippen LogP) is 4.02. The monoisotopic (exact) mass is 384 g/mol. The molecule has 0 bridgehead atoms. The summed E-state index contributed by atoms with van der Waals surface area (Å²) in [7, 11) is 0. The van der Waals surface area contributed by atoms with Gasteiger partial charge in [-0.25, -0.2) is 0 Å². The summed E-state index contributed by atoms with van der Waals surface area (Å²) in [4.78, 5) is 24.0. The first kappa shape index (κ1) is 21.3. The number of hydrogen-bond acceptors (Lipinski definition) is 4. The Hall–Kier alpha value is -3.02. The molecule has 0 saturated heterocycles. The van der Waals surface area contributed by atoms with Gasteiger partial charge in [0.05, 0.1) is 13.2 Å². The molecule has 0 aromatic heterocycles. The van der Waals surface area contributed by atoms with Gasteiger partial charge in [-0.2, -0.15) is 0 Å². The fraction of sp³-hybridized carbons (Fsp3) is 0.364. The van der Waals surface area contributed by atoms with Crippen molar-refractivity contribution in [1.82, 2.24) is 5.32 Å². The van der Waals surface area contributed by atoms with Crippen molar-refractivity contribution in [3.63, 3.8) is 0 Å². The van der Waals surface area contributed by atoms with E-state index in [0.717, 1.165) is 0 Å². The van der Waals surface area contributed by atoms with E-state index in [1.165, 1.54) is 0 Å². The molecule has 0 fully saturated rings. The summed E-state index contributed by atoms with van der Waals surface area (Å²) in [6.45, 7) is 6.73. The lowest BCUT2D eigenvalue weighted by Crippen LogP contribution is -2.30. The highest BCUT2D eigenvalue weighted by Gasteiger charge is 2.08. The number of carbonyl (C=O) groups excluding carboxylic acids is 2. The maximum atomic E-state index is 12.1. The molecule has 0 saturated carbocycles. The van der Waals surface area contributed by atoms with E-state index in [1.54, 1.807) is 24.3 Å². The molecule has 2 aromatic rings. The minimum atomic E-state index is -0.127. The molecule has 0 radical (unpaired) electrons. The average molecular weight is 384 g/mol. The lowest BCUT2D eigenvalue weighted by atomic mass is 10.2. The van der Waals surface area contributed by atoms with Crippen LogP contribution in [0.3, 0.4) is 0 Å². The number of anilines is 1. The van der Waals surface area contributed by atoms with Crippen LogP contribution >= 0.6 is 0 Å². The number of para-hydroxylation sites is 2. The summed E-state index contributed by atoms with van der Waals surface area (Å²) < 4.78 is 11.2. The van der Waals surface area contributed by atoms with E-state index in [1.807, 2.05) is 45.0 Å². The Morgan fingerprint density at radius 3 is 2.21 bits per heavy atom. The van der Waals surface area contributed by atoms with Crippen LogP contribution in [0.15, 0.2) is 48.5 Å². The second kappa shape index (κ2) is 11.0. The number of rotatable bonds is 10. The number of carbonyl (C=O) groups is 2. The van der Waals surface area contributed by atoms with Gasteiger partial charge < -0.3 is 20.1 Å². The lowest BCUT2D eigenvalue weighted by molar-refractivity contribution is -0.116. The van der Waals surface area contributed by atoms with E-state index < -0.39 is 0 Å². The smallest absolute Gasteiger partial charge is 0.251 e. The van der Waals surface area contributed by atoms with Crippen molar-refractivity contribution >= 4 is 17.5 Å². The second-order valence-electron chi connectivity index (χ2n) is 6.59. The first-order valence-electron chi connectivity index (χ1n) is 9.55. The van der Waals surface area contributed by atoms with E-state index in [-0.39, 0.29) is 17.9 Å². The molecule has 0 aliphatic heterocycles. The molecule has 28 heavy (non-hydrogen) atoms. The molecular weight excluding hydrogens is 356 g/mol. The van der Waals surface area contributed by atoms with Crippen LogP contribution in [-0.2, 0) is 4.79 Å². The molecule has 2 aromatic carbocycles. The maximum Gasteiger partial charge on any atom is 0.251 e. The van der Waals surface area contributed by atoms with Crippen LogP contribution in [0.5, 0.6) is 11.5 Å². The summed E-state index contributed by atoms with van der Waals surface area (Å²) >= 11 is 0. The first-order valence-corrected chi connectivity index (χ1v) is 9.55. The molecule has 0 heterocycles. The zero-order chi connectivity index (χ0) is 20.4. The molecule has 0 aliphatic carbocycles. The summed E-state index contributed by atoms with van der Waals surface area (Å²) in [6, 6.07) is 14.4. The van der Waals surface area contributed by atoms with Gasteiger partial charge in [0.1, 0.15) is 0 Å². The average Bonchev–Trinajstić information content (AvgIpc) is 2.66. The van der Waals surface area contributed by atoms with Crippen LogP contribution in [0.4, 0.5) is 5.69 Å². The fourth-order valence-electron chi connectivity index (χ4n) is 2.53. The van der Waals surface area contributed by atoms with Gasteiger partial charge >= 0.3 is 0 Å². The van der Waals surface area contributed by atoms with Crippen molar-refractivity contribution in [2.75, 3.05) is 18.5 Å². The van der Waals surface area contributed by atoms with Crippen molar-refractivity contribution in [3.8, 4) is 11.5 Å². The molecule has 150 valence electrons. The Labute approximate surface area is 166 Å². The van der Waals surface area contributed by atoms with E-state index in [0.29, 0.717) is 48.8 Å². The SMILES string of the molecule is CCOc1ccccc1OCCCC(=O)Nc1ccc(C(=O)NC(C)C)cc1. The van der Waals surface area contributed by atoms with Gasteiger partial charge in [0.25, 0.3) is 5.91 Å². The van der Waals surface area contributed by atoms with Crippen molar-refractivity contribution in [2.45, 2.75) is 39.7 Å². The van der Waals surface area contributed by atoms with Gasteiger partial charge in [0, 0.05) is 23.7 Å². The molecule has 0 spiro atoms. The van der Waals surface area contributed by atoms with E-state index in [9.17, 15) is 9.59 Å². The van der Waals surface area contributed by atoms with Crippen LogP contribution in [-0.4, -0.2) is 31.1 Å². The van der Waals surface area contributed by atoms with E-state index in [2.05, 4.69) is 10.6 Å². The quantitative estimate of drug-likeness (QED) is 0.607. The zero-order valence-corrected chi connectivity index (χ0v) is 16.7. The maximum absolute atomic E-state index is 12.1. The third-order valence-corrected chi connectivity index (χ3v) is 3.81. The van der Waals surface area contributed by atoms with Crippen LogP contribution in [0.2, 0.25) is 0 Å². The van der Waals surface area contributed by atoms with Crippen LogP contribution < -0.4 is 20.1 Å². The second-order valence-corrected chi connectivity index (χ2v) is 6.59. The van der Waals surface area contributed by atoms with Crippen molar-refractivity contribution < 1.29 is 19.1 Å². The number of benzene rings is 2. The third-order valence-electron chi connectivity index (χ3n) is 3.81. The van der Waals surface area contributed by atoms with Crippen molar-refractivity contribution in [1.29, 1.82) is 0 Å². The van der Waals surface area contributed by atoms with Gasteiger partial charge in [-0.1, -0.05) is 12.1 Å². The molecule has 2 rings (SSSR count). The highest BCUT2D eigenvalue weighted by atomic mass is 16.5. The summed E-state index contributed by atoms with van der Waals surface area (Å²) in [5.41, 5.74) is 1.22.